The molecule has 6 heteroatoms. The smallest absolute Gasteiger partial charge is 0.259 e. The molecule has 1 heterocycles. The van der Waals surface area contributed by atoms with E-state index in [0.29, 0.717) is 11.4 Å². The molecular weight excluding hydrogens is 318 g/mol. The summed E-state index contributed by atoms with van der Waals surface area (Å²) in [5, 5.41) is 6.37. The van der Waals surface area contributed by atoms with E-state index in [0.717, 1.165) is 37.9 Å². The zero-order valence-corrected chi connectivity index (χ0v) is 15.2. The lowest BCUT2D eigenvalue weighted by atomic mass is 9.92. The molecule has 1 aromatic rings. The van der Waals surface area contributed by atoms with Gasteiger partial charge in [-0.1, -0.05) is 6.07 Å². The van der Waals surface area contributed by atoms with E-state index < -0.39 is 0 Å². The molecule has 1 saturated heterocycles. The van der Waals surface area contributed by atoms with Crippen molar-refractivity contribution in [2.45, 2.75) is 26.2 Å². The number of carbonyl (C=O) groups excluding carboxylic acids is 2. The zero-order chi connectivity index (χ0) is 18.0. The number of aryl methyl sites for hydroxylation is 1. The highest BCUT2D eigenvalue weighted by molar-refractivity contribution is 5.96. The fourth-order valence-corrected chi connectivity index (χ4v) is 3.54. The highest BCUT2D eigenvalue weighted by Crippen LogP contribution is 2.58. The fraction of sp³-hybridized carbons (Fsp3) is 0.579. The molecule has 2 fully saturated rings. The second kappa shape index (κ2) is 7.04. The van der Waals surface area contributed by atoms with Crippen LogP contribution in [0.15, 0.2) is 18.2 Å². The summed E-state index contributed by atoms with van der Waals surface area (Å²) in [6, 6.07) is 5.63. The van der Waals surface area contributed by atoms with Gasteiger partial charge >= 0.3 is 0 Å². The lowest BCUT2D eigenvalue weighted by Gasteiger charge is -2.23. The average molecular weight is 345 g/mol. The summed E-state index contributed by atoms with van der Waals surface area (Å²) < 4.78 is 5.66. The predicted octanol–water partition coefficient (Wildman–Crippen LogP) is 1.79. The number of rotatable bonds is 5. The molecule has 0 radical (unpaired) electrons. The van der Waals surface area contributed by atoms with Crippen molar-refractivity contribution < 1.29 is 14.3 Å². The number of carbonyl (C=O) groups is 2. The van der Waals surface area contributed by atoms with E-state index in [2.05, 4.69) is 10.6 Å². The molecule has 2 N–H and O–H groups in total. The second-order valence-corrected chi connectivity index (χ2v) is 7.43. The summed E-state index contributed by atoms with van der Waals surface area (Å²) >= 11 is 0. The molecule has 1 aliphatic heterocycles. The highest BCUT2D eigenvalue weighted by atomic mass is 16.5. The van der Waals surface area contributed by atoms with Crippen LogP contribution in [-0.4, -0.2) is 50.5 Å². The van der Waals surface area contributed by atoms with Gasteiger partial charge in [0.25, 0.3) is 5.91 Å². The number of nitrogens with zero attached hydrogens (tertiary/aromatic N) is 1. The molecule has 1 saturated carbocycles. The van der Waals surface area contributed by atoms with Crippen LogP contribution < -0.4 is 15.4 Å². The molecule has 2 aliphatic rings. The topological polar surface area (TPSA) is 70.7 Å². The van der Waals surface area contributed by atoms with E-state index in [1.54, 1.807) is 14.1 Å². The summed E-state index contributed by atoms with van der Waals surface area (Å²) in [7, 11) is 3.38. The number of benzene rings is 1. The summed E-state index contributed by atoms with van der Waals surface area (Å²) in [6.07, 6.45) is 3.11. The first-order valence-corrected chi connectivity index (χ1v) is 8.86. The van der Waals surface area contributed by atoms with Gasteiger partial charge in [-0.3, -0.25) is 9.59 Å². The number of likely N-dealkylation sites (N-methyl/N-ethyl adjacent to an activating group) is 1. The van der Waals surface area contributed by atoms with Crippen LogP contribution in [0.4, 0.5) is 5.69 Å². The van der Waals surface area contributed by atoms with Gasteiger partial charge in [-0.2, -0.15) is 0 Å². The number of piperidine rings is 1. The van der Waals surface area contributed by atoms with Crippen molar-refractivity contribution in [2.24, 2.45) is 11.3 Å². The number of hydrogen-bond acceptors (Lipinski definition) is 4. The maximum atomic E-state index is 12.7. The van der Waals surface area contributed by atoms with E-state index in [-0.39, 0.29) is 29.8 Å². The van der Waals surface area contributed by atoms with Gasteiger partial charge in [0.2, 0.25) is 5.91 Å². The molecule has 1 spiro atoms. The van der Waals surface area contributed by atoms with Crippen LogP contribution in [0.25, 0.3) is 0 Å². The van der Waals surface area contributed by atoms with E-state index in [1.807, 2.05) is 25.1 Å². The maximum absolute atomic E-state index is 12.7. The first-order chi connectivity index (χ1) is 11.9. The van der Waals surface area contributed by atoms with Crippen molar-refractivity contribution in [3.63, 3.8) is 0 Å². The van der Waals surface area contributed by atoms with Crippen LogP contribution in [0.2, 0.25) is 0 Å². The molecule has 0 unspecified atom stereocenters. The summed E-state index contributed by atoms with van der Waals surface area (Å²) in [5.41, 5.74) is 1.85. The molecular formula is C19H27N3O3. The van der Waals surface area contributed by atoms with Gasteiger partial charge in [0.05, 0.1) is 5.69 Å². The van der Waals surface area contributed by atoms with Crippen LogP contribution >= 0.6 is 0 Å². The summed E-state index contributed by atoms with van der Waals surface area (Å²) in [6.45, 7) is 3.90. The fourth-order valence-electron chi connectivity index (χ4n) is 3.54. The van der Waals surface area contributed by atoms with E-state index in [1.165, 1.54) is 4.90 Å². The normalized spacial score (nSPS) is 20.8. The Balaban J connectivity index is 1.65. The highest BCUT2D eigenvalue weighted by Gasteiger charge is 2.57. The van der Waals surface area contributed by atoms with Crippen molar-refractivity contribution in [3.05, 3.63) is 23.8 Å². The van der Waals surface area contributed by atoms with E-state index in [9.17, 15) is 9.59 Å². The standard InChI is InChI=1S/C19H27N3O3/c1-13-4-5-15(16(10-13)25-12-17(23)22(2)3)21-18(24)14-11-19(14)6-8-20-9-7-19/h4-5,10,14,20H,6-9,11-12H2,1-3H3,(H,21,24)/t14-/m0/s1. The Morgan fingerprint density at radius 1 is 1.32 bits per heavy atom. The maximum Gasteiger partial charge on any atom is 0.259 e. The first-order valence-electron chi connectivity index (χ1n) is 8.86. The Kier molecular flexibility index (Phi) is 4.99. The quantitative estimate of drug-likeness (QED) is 0.854. The van der Waals surface area contributed by atoms with Gasteiger partial charge < -0.3 is 20.3 Å². The molecule has 1 aromatic carbocycles. The van der Waals surface area contributed by atoms with Gasteiger partial charge in [0, 0.05) is 20.0 Å². The monoisotopic (exact) mass is 345 g/mol. The predicted molar refractivity (Wildman–Crippen MR) is 96.6 cm³/mol. The molecule has 6 nitrogen and oxygen atoms in total. The van der Waals surface area contributed by atoms with Crippen molar-refractivity contribution in [1.29, 1.82) is 0 Å². The third-order valence-corrected chi connectivity index (χ3v) is 5.35. The minimum absolute atomic E-state index is 0.0433. The molecule has 1 aliphatic carbocycles. The van der Waals surface area contributed by atoms with Crippen LogP contribution in [0.3, 0.4) is 0 Å². The van der Waals surface area contributed by atoms with Crippen molar-refractivity contribution in [2.75, 3.05) is 39.1 Å². The summed E-state index contributed by atoms with van der Waals surface area (Å²) in [5.74, 6) is 0.583. The number of nitrogens with one attached hydrogen (secondary N) is 2. The Morgan fingerprint density at radius 3 is 2.72 bits per heavy atom. The lowest BCUT2D eigenvalue weighted by Crippen LogP contribution is -2.31. The largest absolute Gasteiger partial charge is 0.482 e. The van der Waals surface area contributed by atoms with Gasteiger partial charge in [0.1, 0.15) is 5.75 Å². The molecule has 1 atom stereocenters. The van der Waals surface area contributed by atoms with Crippen LogP contribution in [0.5, 0.6) is 5.75 Å². The Labute approximate surface area is 148 Å². The SMILES string of the molecule is Cc1ccc(NC(=O)[C@@H]2CC23CCNCC3)c(OCC(=O)N(C)C)c1. The van der Waals surface area contributed by atoms with Crippen LogP contribution in [0, 0.1) is 18.3 Å². The molecule has 3 rings (SSSR count). The van der Waals surface area contributed by atoms with Crippen LogP contribution in [0.1, 0.15) is 24.8 Å². The molecule has 2 amide bonds. The van der Waals surface area contributed by atoms with Gasteiger partial charge in [-0.25, -0.2) is 0 Å². The minimum Gasteiger partial charge on any atom is -0.482 e. The Morgan fingerprint density at radius 2 is 2.04 bits per heavy atom. The Hall–Kier alpha value is -2.08. The van der Waals surface area contributed by atoms with Crippen LogP contribution in [-0.2, 0) is 9.59 Å². The van der Waals surface area contributed by atoms with E-state index in [4.69, 9.17) is 4.74 Å². The Bertz CT molecular complexity index is 666. The molecule has 0 aromatic heterocycles. The third-order valence-electron chi connectivity index (χ3n) is 5.35. The number of amides is 2. The van der Waals surface area contributed by atoms with Gasteiger partial charge in [0.15, 0.2) is 6.61 Å². The average Bonchev–Trinajstić information content (AvgIpc) is 3.28. The van der Waals surface area contributed by atoms with Crippen molar-refractivity contribution in [3.8, 4) is 5.75 Å². The number of anilines is 1. The minimum atomic E-state index is -0.116. The van der Waals surface area contributed by atoms with Gasteiger partial charge in [-0.15, -0.1) is 0 Å². The summed E-state index contributed by atoms with van der Waals surface area (Å²) in [4.78, 5) is 25.9. The zero-order valence-electron chi connectivity index (χ0n) is 15.2. The third kappa shape index (κ3) is 3.95. The molecule has 136 valence electrons. The number of ether oxygens (including phenoxy) is 1. The lowest BCUT2D eigenvalue weighted by molar-refractivity contribution is -0.130. The van der Waals surface area contributed by atoms with Crippen molar-refractivity contribution in [1.82, 2.24) is 10.2 Å². The van der Waals surface area contributed by atoms with Gasteiger partial charge in [-0.05, 0) is 62.4 Å². The number of hydrogen-bond donors (Lipinski definition) is 2. The first kappa shape index (κ1) is 17.7. The molecule has 0 bridgehead atoms. The van der Waals surface area contributed by atoms with Crippen molar-refractivity contribution >= 4 is 17.5 Å². The van der Waals surface area contributed by atoms with E-state index >= 15 is 0 Å². The second-order valence-electron chi connectivity index (χ2n) is 7.43. The molecule has 25 heavy (non-hydrogen) atoms.